The monoisotopic (exact) mass is 238 g/mol. The number of nitrogens with zero attached hydrogens (tertiary/aromatic N) is 1. The van der Waals surface area contributed by atoms with Crippen molar-refractivity contribution in [3.05, 3.63) is 65.2 Å². The Bertz CT molecular complexity index is 563. The van der Waals surface area contributed by atoms with Crippen molar-refractivity contribution in [1.29, 1.82) is 0 Å². The minimum absolute atomic E-state index is 0.332. The first kappa shape index (κ1) is 11.3. The summed E-state index contributed by atoms with van der Waals surface area (Å²) >= 11 is 0. The number of fused-ring (bicyclic) bond motifs is 1. The molecular formula is C16H18N2. The lowest BCUT2D eigenvalue weighted by atomic mass is 9.88. The SMILES string of the molecule is CN1CCc2ccccc2C1c1cccc(N)c1. The van der Waals surface area contributed by atoms with Crippen LogP contribution in [0.4, 0.5) is 5.69 Å². The summed E-state index contributed by atoms with van der Waals surface area (Å²) in [5, 5.41) is 0. The number of nitrogens with two attached hydrogens (primary N) is 1. The van der Waals surface area contributed by atoms with E-state index in [1.807, 2.05) is 12.1 Å². The summed E-state index contributed by atoms with van der Waals surface area (Å²) in [4.78, 5) is 2.40. The van der Waals surface area contributed by atoms with Crippen LogP contribution in [-0.4, -0.2) is 18.5 Å². The summed E-state index contributed by atoms with van der Waals surface area (Å²) < 4.78 is 0. The smallest absolute Gasteiger partial charge is 0.0602 e. The van der Waals surface area contributed by atoms with Gasteiger partial charge in [0.05, 0.1) is 6.04 Å². The molecule has 0 fully saturated rings. The Kier molecular flexibility index (Phi) is 2.80. The lowest BCUT2D eigenvalue weighted by molar-refractivity contribution is 0.265. The molecule has 0 saturated heterocycles. The Labute approximate surface area is 108 Å². The Morgan fingerprint density at radius 1 is 1.11 bits per heavy atom. The molecule has 1 unspecified atom stereocenters. The summed E-state index contributed by atoms with van der Waals surface area (Å²) in [5.74, 6) is 0. The van der Waals surface area contributed by atoms with Crippen molar-refractivity contribution in [2.24, 2.45) is 0 Å². The Morgan fingerprint density at radius 2 is 1.94 bits per heavy atom. The van der Waals surface area contributed by atoms with Gasteiger partial charge in [0.1, 0.15) is 0 Å². The van der Waals surface area contributed by atoms with Gasteiger partial charge in [-0.1, -0.05) is 36.4 Å². The number of hydrogen-bond acceptors (Lipinski definition) is 2. The molecule has 1 aliphatic heterocycles. The lowest BCUT2D eigenvalue weighted by Gasteiger charge is -2.35. The highest BCUT2D eigenvalue weighted by molar-refractivity contribution is 5.46. The third-order valence-electron chi connectivity index (χ3n) is 3.75. The van der Waals surface area contributed by atoms with E-state index in [9.17, 15) is 0 Å². The molecule has 0 saturated carbocycles. The van der Waals surface area contributed by atoms with E-state index in [4.69, 9.17) is 5.73 Å². The normalized spacial score (nSPS) is 19.5. The molecule has 1 aliphatic rings. The predicted octanol–water partition coefficient (Wildman–Crippen LogP) is 2.85. The van der Waals surface area contributed by atoms with E-state index in [0.29, 0.717) is 6.04 Å². The highest BCUT2D eigenvalue weighted by atomic mass is 15.1. The van der Waals surface area contributed by atoms with Crippen molar-refractivity contribution in [3.8, 4) is 0 Å². The first-order valence-electron chi connectivity index (χ1n) is 6.39. The summed E-state index contributed by atoms with van der Waals surface area (Å²) in [5.41, 5.74) is 10.9. The van der Waals surface area contributed by atoms with Crippen molar-refractivity contribution in [1.82, 2.24) is 4.90 Å². The van der Waals surface area contributed by atoms with Gasteiger partial charge in [0.25, 0.3) is 0 Å². The molecule has 0 amide bonds. The maximum absolute atomic E-state index is 5.91. The first-order valence-corrected chi connectivity index (χ1v) is 6.39. The third kappa shape index (κ3) is 1.89. The maximum atomic E-state index is 5.91. The van der Waals surface area contributed by atoms with Crippen LogP contribution >= 0.6 is 0 Å². The quantitative estimate of drug-likeness (QED) is 0.774. The Morgan fingerprint density at radius 3 is 2.78 bits per heavy atom. The number of anilines is 1. The molecule has 0 spiro atoms. The maximum Gasteiger partial charge on any atom is 0.0602 e. The summed E-state index contributed by atoms with van der Waals surface area (Å²) in [7, 11) is 2.18. The zero-order valence-corrected chi connectivity index (χ0v) is 10.6. The molecule has 3 rings (SSSR count). The molecular weight excluding hydrogens is 220 g/mol. The fourth-order valence-corrected chi connectivity index (χ4v) is 2.86. The van der Waals surface area contributed by atoms with Crippen molar-refractivity contribution in [3.63, 3.8) is 0 Å². The van der Waals surface area contributed by atoms with E-state index in [-0.39, 0.29) is 0 Å². The van der Waals surface area contributed by atoms with Crippen LogP contribution in [0, 0.1) is 0 Å². The lowest BCUT2D eigenvalue weighted by Crippen LogP contribution is -2.32. The molecule has 2 heteroatoms. The number of hydrogen-bond donors (Lipinski definition) is 1. The van der Waals surface area contributed by atoms with Crippen LogP contribution in [-0.2, 0) is 6.42 Å². The van der Waals surface area contributed by atoms with E-state index in [2.05, 4.69) is 48.3 Å². The first-order chi connectivity index (χ1) is 8.75. The molecule has 0 aliphatic carbocycles. The van der Waals surface area contributed by atoms with Crippen LogP contribution in [0.15, 0.2) is 48.5 Å². The standard InChI is InChI=1S/C16H18N2/c1-18-10-9-12-5-2-3-8-15(12)16(18)13-6-4-7-14(17)11-13/h2-8,11,16H,9-10,17H2,1H3. The fraction of sp³-hybridized carbons (Fsp3) is 0.250. The predicted molar refractivity (Wildman–Crippen MR) is 75.5 cm³/mol. The average Bonchev–Trinajstić information content (AvgIpc) is 2.38. The molecule has 2 nitrogen and oxygen atoms in total. The largest absolute Gasteiger partial charge is 0.399 e. The van der Waals surface area contributed by atoms with Gasteiger partial charge in [0.15, 0.2) is 0 Å². The molecule has 2 N–H and O–H groups in total. The second-order valence-corrected chi connectivity index (χ2v) is 5.00. The number of nitrogen functional groups attached to an aromatic ring is 1. The number of likely N-dealkylation sites (N-methyl/N-ethyl adjacent to an activating group) is 1. The molecule has 18 heavy (non-hydrogen) atoms. The van der Waals surface area contributed by atoms with Crippen molar-refractivity contribution < 1.29 is 0 Å². The van der Waals surface area contributed by atoms with Gasteiger partial charge in [0, 0.05) is 12.2 Å². The molecule has 92 valence electrons. The molecule has 2 aromatic rings. The number of benzene rings is 2. The van der Waals surface area contributed by atoms with Gasteiger partial charge >= 0.3 is 0 Å². The molecule has 0 aromatic heterocycles. The van der Waals surface area contributed by atoms with Gasteiger partial charge in [0.2, 0.25) is 0 Å². The Balaban J connectivity index is 2.10. The van der Waals surface area contributed by atoms with Gasteiger partial charge in [-0.25, -0.2) is 0 Å². The van der Waals surface area contributed by atoms with Crippen LogP contribution < -0.4 is 5.73 Å². The van der Waals surface area contributed by atoms with Gasteiger partial charge in [-0.3, -0.25) is 4.90 Å². The topological polar surface area (TPSA) is 29.3 Å². The molecule has 1 heterocycles. The van der Waals surface area contributed by atoms with Crippen molar-refractivity contribution in [2.75, 3.05) is 19.3 Å². The van der Waals surface area contributed by atoms with Crippen LogP contribution in [0.2, 0.25) is 0 Å². The zero-order valence-electron chi connectivity index (χ0n) is 10.6. The summed E-state index contributed by atoms with van der Waals surface area (Å²) in [6, 6.07) is 17.3. The van der Waals surface area contributed by atoms with Crippen molar-refractivity contribution in [2.45, 2.75) is 12.5 Å². The molecule has 0 bridgehead atoms. The van der Waals surface area contributed by atoms with E-state index < -0.39 is 0 Å². The summed E-state index contributed by atoms with van der Waals surface area (Å²) in [6.45, 7) is 1.09. The zero-order chi connectivity index (χ0) is 12.5. The second kappa shape index (κ2) is 4.46. The van der Waals surface area contributed by atoms with E-state index in [0.717, 1.165) is 18.7 Å². The fourth-order valence-electron chi connectivity index (χ4n) is 2.86. The van der Waals surface area contributed by atoms with Gasteiger partial charge in [-0.2, -0.15) is 0 Å². The molecule has 0 radical (unpaired) electrons. The Hall–Kier alpha value is -1.80. The van der Waals surface area contributed by atoms with Gasteiger partial charge < -0.3 is 5.73 Å². The highest BCUT2D eigenvalue weighted by Gasteiger charge is 2.25. The van der Waals surface area contributed by atoms with Gasteiger partial charge in [-0.05, 0) is 42.3 Å². The van der Waals surface area contributed by atoms with Crippen molar-refractivity contribution >= 4 is 5.69 Å². The molecule has 2 aromatic carbocycles. The van der Waals surface area contributed by atoms with E-state index >= 15 is 0 Å². The third-order valence-corrected chi connectivity index (χ3v) is 3.75. The highest BCUT2D eigenvalue weighted by Crippen LogP contribution is 2.34. The average molecular weight is 238 g/mol. The van der Waals surface area contributed by atoms with Gasteiger partial charge in [-0.15, -0.1) is 0 Å². The number of rotatable bonds is 1. The van der Waals surface area contributed by atoms with Crippen LogP contribution in [0.3, 0.4) is 0 Å². The van der Waals surface area contributed by atoms with Crippen LogP contribution in [0.5, 0.6) is 0 Å². The van der Waals surface area contributed by atoms with E-state index in [1.54, 1.807) is 0 Å². The van der Waals surface area contributed by atoms with Crippen LogP contribution in [0.1, 0.15) is 22.7 Å². The minimum atomic E-state index is 0.332. The summed E-state index contributed by atoms with van der Waals surface area (Å²) in [6.07, 6.45) is 1.13. The minimum Gasteiger partial charge on any atom is -0.399 e. The van der Waals surface area contributed by atoms with E-state index in [1.165, 1.54) is 16.7 Å². The van der Waals surface area contributed by atoms with Crippen LogP contribution in [0.25, 0.3) is 0 Å². The molecule has 1 atom stereocenters. The second-order valence-electron chi connectivity index (χ2n) is 5.00.